The zero-order chi connectivity index (χ0) is 20.0. The van der Waals surface area contributed by atoms with E-state index in [1.165, 1.54) is 6.07 Å². The number of nitro groups is 1. The fraction of sp³-hybridized carbons (Fsp3) is 0.632. The quantitative estimate of drug-likeness (QED) is 0.448. The molecule has 0 aliphatic carbocycles. The molecule has 1 unspecified atom stereocenters. The van der Waals surface area contributed by atoms with Crippen molar-refractivity contribution in [3.63, 3.8) is 0 Å². The maximum Gasteiger partial charge on any atom is 0.320 e. The van der Waals surface area contributed by atoms with Crippen LogP contribution in [0.3, 0.4) is 0 Å². The van der Waals surface area contributed by atoms with Crippen molar-refractivity contribution in [2.24, 2.45) is 5.92 Å². The van der Waals surface area contributed by atoms with Gasteiger partial charge >= 0.3 is 5.97 Å². The van der Waals surface area contributed by atoms with Crippen molar-refractivity contribution >= 4 is 17.3 Å². The van der Waals surface area contributed by atoms with Crippen molar-refractivity contribution in [3.8, 4) is 0 Å². The predicted molar refractivity (Wildman–Crippen MR) is 105 cm³/mol. The van der Waals surface area contributed by atoms with Crippen molar-refractivity contribution in [1.82, 2.24) is 10.2 Å². The van der Waals surface area contributed by atoms with Crippen LogP contribution in [-0.2, 0) is 11.3 Å². The Morgan fingerprint density at radius 1 is 1.37 bits per heavy atom. The molecule has 0 bridgehead atoms. The molecule has 1 aliphatic heterocycles. The van der Waals surface area contributed by atoms with Gasteiger partial charge in [-0.05, 0) is 56.9 Å². The van der Waals surface area contributed by atoms with E-state index in [0.717, 1.165) is 25.9 Å². The van der Waals surface area contributed by atoms with Gasteiger partial charge in [-0.15, -0.1) is 0 Å². The van der Waals surface area contributed by atoms with E-state index in [-0.39, 0.29) is 29.1 Å². The SMILES string of the molecule is CC(C)CC(NCc1ccc(NC2CCN(C)CC2)c([N+](=O)[O-])c1)C(=O)O. The summed E-state index contributed by atoms with van der Waals surface area (Å²) < 4.78 is 0. The Morgan fingerprint density at radius 2 is 2.04 bits per heavy atom. The van der Waals surface area contributed by atoms with E-state index in [0.29, 0.717) is 17.7 Å². The van der Waals surface area contributed by atoms with Crippen LogP contribution in [0, 0.1) is 16.0 Å². The minimum Gasteiger partial charge on any atom is -0.480 e. The number of nitrogens with zero attached hydrogens (tertiary/aromatic N) is 2. The van der Waals surface area contributed by atoms with Crippen LogP contribution in [0.4, 0.5) is 11.4 Å². The van der Waals surface area contributed by atoms with Crippen LogP contribution in [0.15, 0.2) is 18.2 Å². The number of aliphatic carboxylic acids is 1. The topological polar surface area (TPSA) is 108 Å². The Kier molecular flexibility index (Phi) is 7.55. The number of hydrogen-bond acceptors (Lipinski definition) is 6. The number of nitro benzene ring substituents is 1. The van der Waals surface area contributed by atoms with Gasteiger partial charge in [0.1, 0.15) is 11.7 Å². The molecule has 1 heterocycles. The maximum absolute atomic E-state index is 11.5. The van der Waals surface area contributed by atoms with Gasteiger partial charge in [0.25, 0.3) is 5.69 Å². The number of nitrogens with one attached hydrogen (secondary N) is 2. The van der Waals surface area contributed by atoms with Gasteiger partial charge < -0.3 is 20.6 Å². The first kappa shape index (κ1) is 21.1. The van der Waals surface area contributed by atoms with Crippen LogP contribution >= 0.6 is 0 Å². The molecule has 150 valence electrons. The number of piperidine rings is 1. The van der Waals surface area contributed by atoms with E-state index in [1.54, 1.807) is 6.07 Å². The molecule has 1 saturated heterocycles. The van der Waals surface area contributed by atoms with Gasteiger partial charge in [0.05, 0.1) is 4.92 Å². The Bertz CT molecular complexity index is 657. The molecule has 2 rings (SSSR count). The first-order valence-corrected chi connectivity index (χ1v) is 9.45. The lowest BCUT2D eigenvalue weighted by Crippen LogP contribution is -2.37. The van der Waals surface area contributed by atoms with E-state index < -0.39 is 12.0 Å². The lowest BCUT2D eigenvalue weighted by molar-refractivity contribution is -0.384. The molecule has 0 saturated carbocycles. The van der Waals surface area contributed by atoms with Crippen LogP contribution in [0.1, 0.15) is 38.7 Å². The minimum atomic E-state index is -0.904. The highest BCUT2D eigenvalue weighted by molar-refractivity contribution is 5.73. The summed E-state index contributed by atoms with van der Waals surface area (Å²) in [4.78, 5) is 24.7. The van der Waals surface area contributed by atoms with Crippen molar-refractivity contribution in [1.29, 1.82) is 0 Å². The van der Waals surface area contributed by atoms with E-state index >= 15 is 0 Å². The molecule has 0 aromatic heterocycles. The van der Waals surface area contributed by atoms with Gasteiger partial charge in [0, 0.05) is 18.7 Å². The number of carbonyl (C=O) groups is 1. The summed E-state index contributed by atoms with van der Waals surface area (Å²) in [5.41, 5.74) is 1.25. The average molecular weight is 378 g/mol. The highest BCUT2D eigenvalue weighted by Gasteiger charge is 2.22. The van der Waals surface area contributed by atoms with Crippen LogP contribution in [-0.4, -0.2) is 53.1 Å². The summed E-state index contributed by atoms with van der Waals surface area (Å²) in [6, 6.07) is 4.63. The molecule has 0 spiro atoms. The first-order valence-electron chi connectivity index (χ1n) is 9.45. The van der Waals surface area contributed by atoms with E-state index in [2.05, 4.69) is 22.6 Å². The third-order valence-electron chi connectivity index (χ3n) is 4.89. The third-order valence-corrected chi connectivity index (χ3v) is 4.89. The van der Waals surface area contributed by atoms with Crippen molar-refractivity contribution in [2.75, 3.05) is 25.5 Å². The summed E-state index contributed by atoms with van der Waals surface area (Å²) in [6.45, 7) is 6.15. The lowest BCUT2D eigenvalue weighted by atomic mass is 10.0. The molecule has 8 nitrogen and oxygen atoms in total. The number of benzene rings is 1. The highest BCUT2D eigenvalue weighted by atomic mass is 16.6. The second kappa shape index (κ2) is 9.66. The molecule has 1 aromatic carbocycles. The molecule has 3 N–H and O–H groups in total. The van der Waals surface area contributed by atoms with Crippen LogP contribution < -0.4 is 10.6 Å². The molecule has 1 atom stereocenters. The zero-order valence-electron chi connectivity index (χ0n) is 16.3. The number of carboxylic acid groups (broad SMARTS) is 1. The third kappa shape index (κ3) is 6.48. The summed E-state index contributed by atoms with van der Waals surface area (Å²) in [5, 5.41) is 27.1. The van der Waals surface area contributed by atoms with Gasteiger partial charge in [-0.1, -0.05) is 19.9 Å². The van der Waals surface area contributed by atoms with Gasteiger partial charge in [0.2, 0.25) is 0 Å². The normalized spacial score (nSPS) is 17.0. The summed E-state index contributed by atoms with van der Waals surface area (Å²) >= 11 is 0. The van der Waals surface area contributed by atoms with Gasteiger partial charge in [0.15, 0.2) is 0 Å². The van der Waals surface area contributed by atoms with Crippen molar-refractivity contribution in [2.45, 2.75) is 51.7 Å². The van der Waals surface area contributed by atoms with E-state index in [1.807, 2.05) is 19.9 Å². The Balaban J connectivity index is 2.05. The van der Waals surface area contributed by atoms with Crippen LogP contribution in [0.25, 0.3) is 0 Å². The van der Waals surface area contributed by atoms with Crippen LogP contribution in [0.2, 0.25) is 0 Å². The zero-order valence-corrected chi connectivity index (χ0v) is 16.3. The molecule has 1 aliphatic rings. The second-order valence-electron chi connectivity index (χ2n) is 7.73. The van der Waals surface area contributed by atoms with Crippen molar-refractivity contribution < 1.29 is 14.8 Å². The van der Waals surface area contributed by atoms with E-state index in [4.69, 9.17) is 0 Å². The Hall–Kier alpha value is -2.19. The molecular weight excluding hydrogens is 348 g/mol. The Labute approximate surface area is 160 Å². The predicted octanol–water partition coefficient (Wildman–Crippen LogP) is 2.69. The Morgan fingerprint density at radius 3 is 2.59 bits per heavy atom. The van der Waals surface area contributed by atoms with Gasteiger partial charge in [-0.25, -0.2) is 0 Å². The molecular formula is C19H30N4O4. The number of hydrogen-bond donors (Lipinski definition) is 3. The minimum absolute atomic E-state index is 0.0314. The summed E-state index contributed by atoms with van der Waals surface area (Å²) in [6.07, 6.45) is 2.41. The standard InChI is InChI=1S/C19H30N4O4/c1-13(2)10-17(19(24)25)20-12-14-4-5-16(18(11-14)23(26)27)21-15-6-8-22(3)9-7-15/h4-5,11,13,15,17,20-21H,6-10,12H2,1-3H3,(H,24,25). The largest absolute Gasteiger partial charge is 0.480 e. The molecule has 1 aromatic rings. The highest BCUT2D eigenvalue weighted by Crippen LogP contribution is 2.28. The molecule has 27 heavy (non-hydrogen) atoms. The average Bonchev–Trinajstić information content (AvgIpc) is 2.60. The van der Waals surface area contributed by atoms with Crippen LogP contribution in [0.5, 0.6) is 0 Å². The second-order valence-corrected chi connectivity index (χ2v) is 7.73. The molecule has 0 amide bonds. The number of likely N-dealkylation sites (tertiary alicyclic amines) is 1. The van der Waals surface area contributed by atoms with Gasteiger partial charge in [-0.3, -0.25) is 14.9 Å². The van der Waals surface area contributed by atoms with E-state index in [9.17, 15) is 20.0 Å². The summed E-state index contributed by atoms with van der Waals surface area (Å²) in [7, 11) is 2.07. The van der Waals surface area contributed by atoms with Gasteiger partial charge in [-0.2, -0.15) is 0 Å². The fourth-order valence-electron chi connectivity index (χ4n) is 3.32. The monoisotopic (exact) mass is 378 g/mol. The molecule has 1 fully saturated rings. The number of carboxylic acids is 1. The fourth-order valence-corrected chi connectivity index (χ4v) is 3.32. The maximum atomic E-state index is 11.5. The number of rotatable bonds is 9. The number of anilines is 1. The lowest BCUT2D eigenvalue weighted by Gasteiger charge is -2.30. The molecule has 8 heteroatoms. The summed E-state index contributed by atoms with van der Waals surface area (Å²) in [5.74, 6) is -0.659. The molecule has 0 radical (unpaired) electrons. The first-order chi connectivity index (χ1) is 12.8. The van der Waals surface area contributed by atoms with Crippen molar-refractivity contribution in [3.05, 3.63) is 33.9 Å². The smallest absolute Gasteiger partial charge is 0.320 e.